The van der Waals surface area contributed by atoms with E-state index in [2.05, 4.69) is 146 Å². The van der Waals surface area contributed by atoms with Gasteiger partial charge in [-0.1, -0.05) is 93.2 Å². The Morgan fingerprint density at radius 3 is 1.61 bits per heavy atom. The first-order chi connectivity index (χ1) is 61.1. The lowest BCUT2D eigenvalue weighted by atomic mass is 9.71. The van der Waals surface area contributed by atoms with E-state index in [1.165, 1.54) is 99.7 Å². The zero-order chi connectivity index (χ0) is 89.0. The minimum absolute atomic E-state index is 0.0189. The first-order valence-electron chi connectivity index (χ1n) is 43.7. The number of aliphatic hydroxyl groups excluding tert-OH is 1. The van der Waals surface area contributed by atoms with Crippen LogP contribution in [0.15, 0.2) is 183 Å². The zero-order valence-electron chi connectivity index (χ0n) is 72.6. The molecule has 0 radical (unpaired) electrons. The molecule has 6 fully saturated rings. The van der Waals surface area contributed by atoms with Crippen molar-refractivity contribution in [1.82, 2.24) is 65.0 Å². The van der Waals surface area contributed by atoms with Crippen LogP contribution in [0.25, 0.3) is 67.1 Å². The molecule has 6 aliphatic rings. The largest absolute Gasteiger partial charge is 0.492 e. The van der Waals surface area contributed by atoms with Gasteiger partial charge in [0.2, 0.25) is 0 Å². The second kappa shape index (κ2) is 38.3. The highest BCUT2D eigenvalue weighted by molar-refractivity contribution is 6.34. The Morgan fingerprint density at radius 1 is 0.591 bits per heavy atom. The number of urea groups is 3. The Morgan fingerprint density at radius 2 is 1.09 bits per heavy atom. The number of nitrogens with one attached hydrogen (secondary N) is 6. The number of nitrogens with zero attached hydrogens (tertiary/aromatic N) is 11. The number of H-pyrrole nitrogens is 2. The van der Waals surface area contributed by atoms with Gasteiger partial charge < -0.3 is 55.8 Å². The molecule has 7 amide bonds. The summed E-state index contributed by atoms with van der Waals surface area (Å²) in [4.78, 5) is 91.0. The molecule has 2 atom stereocenters. The molecule has 0 saturated carbocycles. The molecule has 17 rings (SSSR count). The van der Waals surface area contributed by atoms with Crippen LogP contribution in [0, 0.1) is 48.5 Å². The molecule has 4 aromatic heterocycles. The lowest BCUT2D eigenvalue weighted by Gasteiger charge is -2.47. The number of β-amino-alcohol motifs (C(OH)–C–C–N with tert-alkyl or cyclic N) is 1. The summed E-state index contributed by atoms with van der Waals surface area (Å²) in [5.74, 6) is -0.710. The third-order valence-corrected chi connectivity index (χ3v) is 26.0. The van der Waals surface area contributed by atoms with E-state index >= 15 is 13.2 Å². The van der Waals surface area contributed by atoms with Crippen molar-refractivity contribution in [2.75, 3.05) is 125 Å². The Hall–Kier alpha value is -12.0. The molecule has 11 aromatic rings. The second-order valence-corrected chi connectivity index (χ2v) is 35.8. The second-order valence-electron chi connectivity index (χ2n) is 35.4. The number of fused-ring (bicyclic) bond motifs is 2. The number of rotatable bonds is 24. The van der Waals surface area contributed by atoms with Gasteiger partial charge in [-0.2, -0.15) is 0 Å². The molecular formula is C98H109ClF3N17O8. The predicted molar refractivity (Wildman–Crippen MR) is 491 cm³/mol. The van der Waals surface area contributed by atoms with Gasteiger partial charge in [-0.15, -0.1) is 0 Å². The highest BCUT2D eigenvalue weighted by atomic mass is 35.5. The molecule has 1 spiro atoms. The van der Waals surface area contributed by atoms with E-state index in [1.807, 2.05) is 55.5 Å². The average Bonchev–Trinajstić information content (AvgIpc) is 1.62. The quantitative estimate of drug-likeness (QED) is 0.0279. The average molecular weight is 1750 g/mol. The molecule has 0 bridgehead atoms. The smallest absolute Gasteiger partial charge is 0.326 e. The van der Waals surface area contributed by atoms with Crippen LogP contribution in [0.5, 0.6) is 11.5 Å². The summed E-state index contributed by atoms with van der Waals surface area (Å²) in [5, 5.41) is 33.9. The van der Waals surface area contributed by atoms with Crippen molar-refractivity contribution in [3.05, 3.63) is 239 Å². The van der Waals surface area contributed by atoms with Gasteiger partial charge in [0.25, 0.3) is 5.91 Å². The van der Waals surface area contributed by atoms with Crippen molar-refractivity contribution in [1.29, 1.82) is 0 Å². The van der Waals surface area contributed by atoms with Crippen molar-refractivity contribution in [3.63, 3.8) is 0 Å². The van der Waals surface area contributed by atoms with Gasteiger partial charge in [-0.05, 0) is 221 Å². The van der Waals surface area contributed by atoms with Crippen LogP contribution in [-0.2, 0) is 18.7 Å². The van der Waals surface area contributed by atoms with E-state index in [0.29, 0.717) is 134 Å². The van der Waals surface area contributed by atoms with Gasteiger partial charge in [0.05, 0.1) is 39.4 Å². The number of piperazine rings is 1. The van der Waals surface area contributed by atoms with Crippen LogP contribution in [0.3, 0.4) is 0 Å². The molecule has 10 heterocycles. The summed E-state index contributed by atoms with van der Waals surface area (Å²) in [7, 11) is 0. The summed E-state index contributed by atoms with van der Waals surface area (Å²) >= 11 is 6.57. The molecule has 25 nitrogen and oxygen atoms in total. The summed E-state index contributed by atoms with van der Waals surface area (Å²) in [6.07, 6.45) is 9.31. The number of halogens is 4. The number of piperidine rings is 2. The number of benzene rings is 7. The number of amides is 7. The molecule has 6 aliphatic heterocycles. The highest BCUT2D eigenvalue weighted by Crippen LogP contribution is 2.44. The zero-order valence-corrected chi connectivity index (χ0v) is 73.4. The summed E-state index contributed by atoms with van der Waals surface area (Å²) in [6.45, 7) is 33.1. The normalized spacial score (nSPS) is 17.9. The van der Waals surface area contributed by atoms with Crippen LogP contribution in [0.4, 0.5) is 50.3 Å². The van der Waals surface area contributed by atoms with Gasteiger partial charge in [-0.25, -0.2) is 47.5 Å². The molecule has 6 saturated heterocycles. The van der Waals surface area contributed by atoms with Gasteiger partial charge in [-0.3, -0.25) is 34.2 Å². The Labute approximate surface area is 742 Å². The van der Waals surface area contributed by atoms with Crippen LogP contribution < -0.4 is 40.5 Å². The number of aromatic nitrogens is 6. The summed E-state index contributed by atoms with van der Waals surface area (Å²) < 4.78 is 57.5. The van der Waals surface area contributed by atoms with Crippen LogP contribution in [0.1, 0.15) is 111 Å². The van der Waals surface area contributed by atoms with Gasteiger partial charge >= 0.3 is 18.1 Å². The number of carbonyl (C=O) groups is 4. The van der Waals surface area contributed by atoms with E-state index in [1.54, 1.807) is 27.7 Å². The number of ether oxygens (including phenoxy) is 2. The summed E-state index contributed by atoms with van der Waals surface area (Å²) in [5.41, 5.74) is 13.4. The van der Waals surface area contributed by atoms with E-state index in [4.69, 9.17) is 21.1 Å². The maximum atomic E-state index is 15.2. The van der Waals surface area contributed by atoms with Gasteiger partial charge in [0, 0.05) is 165 Å². The van der Waals surface area contributed by atoms with Crippen molar-refractivity contribution < 1.29 is 52.0 Å². The number of carbonyl (C=O) groups excluding carboxylic acids is 4. The standard InChI is InChI=1S/C52H55ClF2N8O4.C46H54FN9O4/c1-32-13-18-63(50(65)58-32)46-12-10-38(28-42(46)53)67-24-23-61-19-14-52(15-20-61)16-21-62(22-17-52)30-34-5-7-35(8-6-34)45-29-41-47(56-31-57-48(41)59-45)40-26-37(54)27-44(33(40)2)60-49(64)39-11-9-36(25-43(39)55)51(3,4)66;1-29(2)21-34-26-55(27-42(34)57)45(58)52-40-23-35(47)22-38(31(40)4)43-39-24-41(51-44(39)49-28-48-43)33-7-5-32(6-8-33)25-54-17-15-53(16-18-54)19-20-60-37-11-9-36(10-12-37)56-14-13-30(3)50-46(56)59/h5-12,25-29,31,66H,1,13-24,30H2,2-4H3,(H,58,65)(H,60,64)(H,56,57,59);5-12,22-24,28-29,34,42,57H,3,13-21,25-27H2,1-2,4H3,(H,50,59)(H,52,58)(H,48,49,51)/t;34-,42-/m.0/s1. The fourth-order valence-corrected chi connectivity index (χ4v) is 18.4. The number of aliphatic hydroxyl groups is 2. The first-order valence-corrected chi connectivity index (χ1v) is 44.1. The molecule has 7 aromatic carbocycles. The fraction of sp³-hybridized carbons (Fsp3) is 0.367. The van der Waals surface area contributed by atoms with Crippen LogP contribution in [0.2, 0.25) is 5.02 Å². The van der Waals surface area contributed by atoms with Gasteiger partial charge in [0.15, 0.2) is 0 Å². The predicted octanol–water partition coefficient (Wildman–Crippen LogP) is 17.4. The number of hydrogen-bond donors (Lipinski definition) is 8. The Bertz CT molecular complexity index is 5900. The van der Waals surface area contributed by atoms with Crippen molar-refractivity contribution >= 4 is 80.4 Å². The van der Waals surface area contributed by atoms with Gasteiger partial charge in [0.1, 0.15) is 66.1 Å². The van der Waals surface area contributed by atoms with E-state index in [0.717, 1.165) is 142 Å². The molecule has 29 heteroatoms. The minimum atomic E-state index is -1.28. The number of aromatic amines is 2. The Kier molecular flexibility index (Phi) is 26.6. The third-order valence-electron chi connectivity index (χ3n) is 25.7. The maximum absolute atomic E-state index is 15.2. The lowest BCUT2D eigenvalue weighted by molar-refractivity contribution is 0.0287. The number of hydrogen-bond acceptors (Lipinski definition) is 16. The summed E-state index contributed by atoms with van der Waals surface area (Å²) in [6, 6.07) is 42.7. The van der Waals surface area contributed by atoms with Crippen molar-refractivity contribution in [2.45, 2.75) is 111 Å². The topological polar surface area (TPSA) is 281 Å². The van der Waals surface area contributed by atoms with E-state index < -0.39 is 35.1 Å². The molecule has 127 heavy (non-hydrogen) atoms. The van der Waals surface area contributed by atoms with Crippen LogP contribution >= 0.6 is 11.6 Å². The highest BCUT2D eigenvalue weighted by Gasteiger charge is 2.39. The van der Waals surface area contributed by atoms with Crippen LogP contribution in [-0.4, -0.2) is 200 Å². The number of likely N-dealkylation sites (tertiary alicyclic amines) is 3. The van der Waals surface area contributed by atoms with E-state index in [9.17, 15) is 29.4 Å². The SMILES string of the molecule is C=C1CCN(c2ccc(OCCN3CCC4(CC3)CCN(Cc3ccc(-c5cc6c(-c7cc(F)cc(NC(=O)c8ccc(C(C)(C)O)cc8F)c7C)ncnc6[nH]5)cc3)CC4)cc2Cl)C(=O)N1.C=C1CCN(c2ccc(OCCN3CCN(Cc4ccc(-c5cc6c(-c7cc(F)cc(NC(=O)N8C[C@H](CC(C)C)[C@@H](O)C8)c7C)ncnc6[nH]5)cc4)CC3)cc2)C(=O)N1. The minimum Gasteiger partial charge on any atom is -0.492 e. The fourth-order valence-electron chi connectivity index (χ4n) is 18.1. The van der Waals surface area contributed by atoms with Crippen molar-refractivity contribution in [2.24, 2.45) is 17.3 Å². The van der Waals surface area contributed by atoms with E-state index in [-0.39, 0.29) is 41.8 Å². The third kappa shape index (κ3) is 20.8. The molecule has 0 unspecified atom stereocenters. The molecular weight excluding hydrogens is 1640 g/mol. The Balaban J connectivity index is 0.000000188. The molecule has 0 aliphatic carbocycles. The lowest BCUT2D eigenvalue weighted by Crippen LogP contribution is -2.47. The molecule has 662 valence electrons. The molecule has 8 N–H and O–H groups in total. The monoisotopic (exact) mass is 1740 g/mol. The van der Waals surface area contributed by atoms with Crippen molar-refractivity contribution in [3.8, 4) is 56.5 Å². The number of anilines is 4. The first kappa shape index (κ1) is 88.4. The maximum Gasteiger partial charge on any atom is 0.326 e.